The standard InChI is InChI=1S/C12H9N3O/c1-16-11-5-3-2-4-10(11)12-14-7-6-9(8-13)15-12/h2-7H,1H3. The zero-order valence-electron chi connectivity index (χ0n) is 8.71. The van der Waals surface area contributed by atoms with Gasteiger partial charge in [0.1, 0.15) is 17.5 Å². The summed E-state index contributed by atoms with van der Waals surface area (Å²) in [5.41, 5.74) is 1.12. The first kappa shape index (κ1) is 10.1. The minimum absolute atomic E-state index is 0.343. The van der Waals surface area contributed by atoms with Crippen LogP contribution in [0.2, 0.25) is 0 Å². The van der Waals surface area contributed by atoms with Gasteiger partial charge >= 0.3 is 0 Å². The molecule has 0 N–H and O–H groups in total. The normalized spacial score (nSPS) is 9.50. The molecule has 0 saturated heterocycles. The third-order valence-corrected chi connectivity index (χ3v) is 2.12. The Bertz CT molecular complexity index is 546. The highest BCUT2D eigenvalue weighted by Crippen LogP contribution is 2.26. The molecular formula is C12H9N3O. The van der Waals surface area contributed by atoms with E-state index in [1.807, 2.05) is 30.3 Å². The molecule has 0 bridgehead atoms. The number of benzene rings is 1. The molecule has 0 aliphatic carbocycles. The van der Waals surface area contributed by atoms with Crippen molar-refractivity contribution in [3.8, 4) is 23.2 Å². The fourth-order valence-corrected chi connectivity index (χ4v) is 1.38. The topological polar surface area (TPSA) is 58.8 Å². The predicted molar refractivity (Wildman–Crippen MR) is 58.7 cm³/mol. The molecule has 1 aromatic carbocycles. The number of methoxy groups -OCH3 is 1. The molecule has 16 heavy (non-hydrogen) atoms. The molecule has 2 rings (SSSR count). The van der Waals surface area contributed by atoms with Crippen molar-refractivity contribution in [2.45, 2.75) is 0 Å². The van der Waals surface area contributed by atoms with Crippen LogP contribution in [0.15, 0.2) is 36.5 Å². The van der Waals surface area contributed by atoms with Crippen LogP contribution in [0.1, 0.15) is 5.69 Å². The summed E-state index contributed by atoms with van der Waals surface area (Å²) in [4.78, 5) is 8.24. The van der Waals surface area contributed by atoms with Crippen molar-refractivity contribution in [1.29, 1.82) is 5.26 Å². The van der Waals surface area contributed by atoms with Gasteiger partial charge in [0.25, 0.3) is 0 Å². The third-order valence-electron chi connectivity index (χ3n) is 2.12. The summed E-state index contributed by atoms with van der Waals surface area (Å²) in [6.07, 6.45) is 1.56. The molecular weight excluding hydrogens is 202 g/mol. The van der Waals surface area contributed by atoms with Gasteiger partial charge in [-0.25, -0.2) is 9.97 Å². The molecule has 4 heteroatoms. The molecule has 0 aliphatic rings. The molecule has 0 fully saturated rings. The maximum absolute atomic E-state index is 8.76. The second-order valence-corrected chi connectivity index (χ2v) is 3.08. The first-order chi connectivity index (χ1) is 7.85. The van der Waals surface area contributed by atoms with Crippen molar-refractivity contribution < 1.29 is 4.74 Å². The smallest absolute Gasteiger partial charge is 0.164 e. The van der Waals surface area contributed by atoms with E-state index >= 15 is 0 Å². The molecule has 2 aromatic rings. The quantitative estimate of drug-likeness (QED) is 0.762. The lowest BCUT2D eigenvalue weighted by atomic mass is 10.2. The number of ether oxygens (including phenoxy) is 1. The summed E-state index contributed by atoms with van der Waals surface area (Å²) in [5.74, 6) is 1.19. The van der Waals surface area contributed by atoms with Gasteiger partial charge in [-0.3, -0.25) is 0 Å². The van der Waals surface area contributed by atoms with Crippen LogP contribution in [0.25, 0.3) is 11.4 Å². The number of rotatable bonds is 2. The summed E-state index contributed by atoms with van der Waals surface area (Å²) in [5, 5.41) is 8.76. The van der Waals surface area contributed by atoms with Crippen molar-refractivity contribution in [1.82, 2.24) is 9.97 Å². The fourth-order valence-electron chi connectivity index (χ4n) is 1.38. The Morgan fingerprint density at radius 3 is 2.81 bits per heavy atom. The zero-order valence-corrected chi connectivity index (χ0v) is 8.71. The molecule has 0 atom stereocenters. The number of nitriles is 1. The SMILES string of the molecule is COc1ccccc1-c1nccc(C#N)n1. The van der Waals surface area contributed by atoms with Gasteiger partial charge in [-0.2, -0.15) is 5.26 Å². The van der Waals surface area contributed by atoms with Crippen LogP contribution in [0.4, 0.5) is 0 Å². The molecule has 0 amide bonds. The largest absolute Gasteiger partial charge is 0.496 e. The molecule has 0 aliphatic heterocycles. The van der Waals surface area contributed by atoms with Crippen molar-refractivity contribution in [3.63, 3.8) is 0 Å². The predicted octanol–water partition coefficient (Wildman–Crippen LogP) is 2.02. The Morgan fingerprint density at radius 1 is 1.25 bits per heavy atom. The summed E-state index contributed by atoms with van der Waals surface area (Å²) in [6.45, 7) is 0. The monoisotopic (exact) mass is 211 g/mol. The van der Waals surface area contributed by atoms with Crippen LogP contribution < -0.4 is 4.74 Å². The van der Waals surface area contributed by atoms with E-state index in [-0.39, 0.29) is 0 Å². The van der Waals surface area contributed by atoms with Gasteiger partial charge < -0.3 is 4.74 Å². The van der Waals surface area contributed by atoms with Crippen LogP contribution in [-0.2, 0) is 0 Å². The highest BCUT2D eigenvalue weighted by atomic mass is 16.5. The second kappa shape index (κ2) is 4.41. The Balaban J connectivity index is 2.54. The van der Waals surface area contributed by atoms with E-state index in [4.69, 9.17) is 10.00 Å². The lowest BCUT2D eigenvalue weighted by molar-refractivity contribution is 0.416. The maximum atomic E-state index is 8.76. The van der Waals surface area contributed by atoms with E-state index in [0.717, 1.165) is 5.56 Å². The van der Waals surface area contributed by atoms with Crippen molar-refractivity contribution in [2.24, 2.45) is 0 Å². The number of hydrogen-bond donors (Lipinski definition) is 0. The van der Waals surface area contributed by atoms with Gasteiger partial charge in [-0.1, -0.05) is 12.1 Å². The van der Waals surface area contributed by atoms with Gasteiger partial charge in [0.05, 0.1) is 12.7 Å². The van der Waals surface area contributed by atoms with E-state index in [0.29, 0.717) is 17.3 Å². The number of nitrogens with zero attached hydrogens (tertiary/aromatic N) is 3. The lowest BCUT2D eigenvalue weighted by Gasteiger charge is -2.06. The molecule has 0 unspecified atom stereocenters. The van der Waals surface area contributed by atoms with Gasteiger partial charge in [0.15, 0.2) is 5.82 Å². The van der Waals surface area contributed by atoms with E-state index in [1.54, 1.807) is 19.4 Å². The number of para-hydroxylation sites is 1. The highest BCUT2D eigenvalue weighted by Gasteiger charge is 2.07. The van der Waals surface area contributed by atoms with Crippen LogP contribution in [0.5, 0.6) is 5.75 Å². The summed E-state index contributed by atoms with van der Waals surface area (Å²) >= 11 is 0. The van der Waals surface area contributed by atoms with Crippen LogP contribution in [0.3, 0.4) is 0 Å². The van der Waals surface area contributed by atoms with Crippen molar-refractivity contribution >= 4 is 0 Å². The molecule has 0 saturated carbocycles. The molecule has 78 valence electrons. The van der Waals surface area contributed by atoms with Gasteiger partial charge in [0, 0.05) is 6.20 Å². The number of aromatic nitrogens is 2. The minimum Gasteiger partial charge on any atom is -0.496 e. The maximum Gasteiger partial charge on any atom is 0.164 e. The minimum atomic E-state index is 0.343. The zero-order chi connectivity index (χ0) is 11.4. The Labute approximate surface area is 93.2 Å². The van der Waals surface area contributed by atoms with Crippen LogP contribution in [0, 0.1) is 11.3 Å². The molecule has 0 spiro atoms. The van der Waals surface area contributed by atoms with Crippen molar-refractivity contribution in [3.05, 3.63) is 42.2 Å². The average molecular weight is 211 g/mol. The first-order valence-electron chi connectivity index (χ1n) is 4.71. The highest BCUT2D eigenvalue weighted by molar-refractivity contribution is 5.64. The Hall–Kier alpha value is -2.41. The van der Waals surface area contributed by atoms with Gasteiger partial charge in [-0.15, -0.1) is 0 Å². The van der Waals surface area contributed by atoms with Crippen molar-refractivity contribution in [2.75, 3.05) is 7.11 Å². The fraction of sp³-hybridized carbons (Fsp3) is 0.0833. The van der Waals surface area contributed by atoms with Gasteiger partial charge in [0.2, 0.25) is 0 Å². The second-order valence-electron chi connectivity index (χ2n) is 3.08. The van der Waals surface area contributed by atoms with E-state index in [1.165, 1.54) is 0 Å². The first-order valence-corrected chi connectivity index (χ1v) is 4.71. The summed E-state index contributed by atoms with van der Waals surface area (Å²) in [7, 11) is 1.59. The van der Waals surface area contributed by atoms with Gasteiger partial charge in [-0.05, 0) is 18.2 Å². The lowest BCUT2D eigenvalue weighted by Crippen LogP contribution is -1.94. The summed E-state index contributed by atoms with van der Waals surface area (Å²) in [6, 6.07) is 11.0. The molecule has 1 aromatic heterocycles. The molecule has 4 nitrogen and oxygen atoms in total. The molecule has 0 radical (unpaired) electrons. The Kier molecular flexibility index (Phi) is 2.79. The van der Waals surface area contributed by atoms with E-state index in [2.05, 4.69) is 9.97 Å². The Morgan fingerprint density at radius 2 is 2.06 bits per heavy atom. The third kappa shape index (κ3) is 1.84. The summed E-state index contributed by atoms with van der Waals surface area (Å²) < 4.78 is 5.21. The van der Waals surface area contributed by atoms with Crippen LogP contribution in [-0.4, -0.2) is 17.1 Å². The molecule has 1 heterocycles. The van der Waals surface area contributed by atoms with E-state index in [9.17, 15) is 0 Å². The average Bonchev–Trinajstić information content (AvgIpc) is 2.38. The van der Waals surface area contributed by atoms with E-state index < -0.39 is 0 Å². The number of hydrogen-bond acceptors (Lipinski definition) is 4. The van der Waals surface area contributed by atoms with Crippen LogP contribution >= 0.6 is 0 Å².